The molecule has 0 bridgehead atoms. The standard InChI is InChI=1S/C21H20N6OS3/c1-13-4-6-14(7-5-13)11-22-19(28)20-25-23-17(31-20)12-30-21-26-24-18(16-3-2-10-29-16)27(21)15-8-9-15/h2-7,10,15H,8-9,11-12H2,1H3,(H,22,28). The topological polar surface area (TPSA) is 85.6 Å². The van der Waals surface area contributed by atoms with E-state index in [0.29, 0.717) is 23.3 Å². The van der Waals surface area contributed by atoms with Crippen molar-refractivity contribution in [3.05, 3.63) is 62.9 Å². The number of carbonyl (C=O) groups is 1. The number of benzene rings is 1. The number of rotatable bonds is 8. The van der Waals surface area contributed by atoms with Crippen LogP contribution in [0.1, 0.15) is 44.8 Å². The molecule has 3 heterocycles. The summed E-state index contributed by atoms with van der Waals surface area (Å²) in [6, 6.07) is 12.7. The second-order valence-electron chi connectivity index (χ2n) is 7.34. The van der Waals surface area contributed by atoms with E-state index in [2.05, 4.69) is 41.7 Å². The van der Waals surface area contributed by atoms with Gasteiger partial charge in [0.1, 0.15) is 5.01 Å². The summed E-state index contributed by atoms with van der Waals surface area (Å²) >= 11 is 4.59. The zero-order valence-electron chi connectivity index (χ0n) is 16.8. The van der Waals surface area contributed by atoms with Crippen molar-refractivity contribution in [2.24, 2.45) is 0 Å². The van der Waals surface area contributed by atoms with Crippen molar-refractivity contribution < 1.29 is 4.79 Å². The summed E-state index contributed by atoms with van der Waals surface area (Å²) in [5.74, 6) is 1.35. The molecular formula is C21H20N6OS3. The van der Waals surface area contributed by atoms with Crippen molar-refractivity contribution in [3.8, 4) is 10.7 Å². The van der Waals surface area contributed by atoms with E-state index in [1.54, 1.807) is 23.1 Å². The fraction of sp³-hybridized carbons (Fsp3) is 0.286. The molecule has 1 aliphatic carbocycles. The lowest BCUT2D eigenvalue weighted by atomic mass is 10.1. The van der Waals surface area contributed by atoms with Crippen molar-refractivity contribution in [2.45, 2.75) is 43.3 Å². The Morgan fingerprint density at radius 2 is 2.00 bits per heavy atom. The molecule has 0 atom stereocenters. The van der Waals surface area contributed by atoms with Crippen LogP contribution in [-0.2, 0) is 12.3 Å². The number of carbonyl (C=O) groups excluding carboxylic acids is 1. The van der Waals surface area contributed by atoms with Gasteiger partial charge >= 0.3 is 0 Å². The van der Waals surface area contributed by atoms with Crippen molar-refractivity contribution in [2.75, 3.05) is 0 Å². The highest BCUT2D eigenvalue weighted by Gasteiger charge is 2.30. The monoisotopic (exact) mass is 468 g/mol. The third-order valence-electron chi connectivity index (χ3n) is 4.88. The highest BCUT2D eigenvalue weighted by atomic mass is 32.2. The van der Waals surface area contributed by atoms with Gasteiger partial charge in [0.25, 0.3) is 5.91 Å². The minimum absolute atomic E-state index is 0.199. The molecule has 0 aliphatic heterocycles. The molecule has 1 fully saturated rings. The lowest BCUT2D eigenvalue weighted by Crippen LogP contribution is -2.22. The molecule has 1 N–H and O–H groups in total. The third-order valence-corrected chi connectivity index (χ3v) is 7.80. The minimum atomic E-state index is -0.199. The Kier molecular flexibility index (Phi) is 5.84. The number of nitrogens with one attached hydrogen (secondary N) is 1. The number of aryl methyl sites for hydroxylation is 1. The zero-order valence-corrected chi connectivity index (χ0v) is 19.3. The van der Waals surface area contributed by atoms with Crippen LogP contribution in [0, 0.1) is 6.92 Å². The smallest absolute Gasteiger partial charge is 0.282 e. The molecule has 31 heavy (non-hydrogen) atoms. The second kappa shape index (κ2) is 8.89. The van der Waals surface area contributed by atoms with Gasteiger partial charge in [0.15, 0.2) is 11.0 Å². The Hall–Kier alpha value is -2.56. The second-order valence-corrected chi connectivity index (χ2v) is 10.3. The van der Waals surface area contributed by atoms with Crippen LogP contribution >= 0.6 is 34.4 Å². The predicted octanol–water partition coefficient (Wildman–Crippen LogP) is 4.72. The maximum Gasteiger partial charge on any atom is 0.282 e. The summed E-state index contributed by atoms with van der Waals surface area (Å²) < 4.78 is 2.24. The summed E-state index contributed by atoms with van der Waals surface area (Å²) in [7, 11) is 0. The molecule has 0 saturated heterocycles. The third kappa shape index (κ3) is 4.70. The molecule has 1 saturated carbocycles. The van der Waals surface area contributed by atoms with E-state index in [-0.39, 0.29) is 5.91 Å². The van der Waals surface area contributed by atoms with E-state index in [1.807, 2.05) is 37.3 Å². The van der Waals surface area contributed by atoms with E-state index >= 15 is 0 Å². The van der Waals surface area contributed by atoms with Crippen LogP contribution in [-0.4, -0.2) is 30.9 Å². The molecule has 0 radical (unpaired) electrons. The molecule has 1 amide bonds. The van der Waals surface area contributed by atoms with Crippen molar-refractivity contribution >= 4 is 40.3 Å². The average Bonchev–Trinajstić information content (AvgIpc) is 3.18. The summed E-state index contributed by atoms with van der Waals surface area (Å²) in [5, 5.41) is 24.2. The normalized spacial score (nSPS) is 13.5. The SMILES string of the molecule is Cc1ccc(CNC(=O)c2nnc(CSc3nnc(-c4cccs4)n3C3CC3)s2)cc1. The van der Waals surface area contributed by atoms with Gasteiger partial charge in [-0.3, -0.25) is 9.36 Å². The van der Waals surface area contributed by atoms with Crippen LogP contribution in [0.15, 0.2) is 46.9 Å². The predicted molar refractivity (Wildman–Crippen MR) is 123 cm³/mol. The first-order chi connectivity index (χ1) is 15.2. The fourth-order valence-corrected chi connectivity index (χ4v) is 5.56. The Bertz CT molecular complexity index is 1180. The van der Waals surface area contributed by atoms with Crippen molar-refractivity contribution in [3.63, 3.8) is 0 Å². The number of hydrogen-bond acceptors (Lipinski definition) is 8. The number of thioether (sulfide) groups is 1. The molecule has 5 rings (SSSR count). The van der Waals surface area contributed by atoms with Gasteiger partial charge in [-0.05, 0) is 36.8 Å². The highest BCUT2D eigenvalue weighted by molar-refractivity contribution is 7.98. The van der Waals surface area contributed by atoms with Gasteiger partial charge in [-0.2, -0.15) is 0 Å². The van der Waals surface area contributed by atoms with E-state index in [0.717, 1.165) is 39.3 Å². The quantitative estimate of drug-likeness (QED) is 0.377. The number of aromatic nitrogens is 5. The first kappa shape index (κ1) is 20.3. The Morgan fingerprint density at radius 3 is 2.74 bits per heavy atom. The van der Waals surface area contributed by atoms with Gasteiger partial charge in [0.05, 0.1) is 10.6 Å². The summed E-state index contributed by atoms with van der Waals surface area (Å²) in [6.07, 6.45) is 2.32. The van der Waals surface area contributed by atoms with Crippen molar-refractivity contribution in [1.82, 2.24) is 30.3 Å². The Labute approximate surface area is 192 Å². The molecule has 158 valence electrons. The molecule has 4 aromatic rings. The fourth-order valence-electron chi connectivity index (χ4n) is 3.11. The zero-order chi connectivity index (χ0) is 21.2. The lowest BCUT2D eigenvalue weighted by molar-refractivity contribution is 0.0950. The molecule has 1 aromatic carbocycles. The van der Waals surface area contributed by atoms with E-state index in [4.69, 9.17) is 0 Å². The van der Waals surface area contributed by atoms with Crippen LogP contribution < -0.4 is 5.32 Å². The summed E-state index contributed by atoms with van der Waals surface area (Å²) in [5.41, 5.74) is 2.25. The Balaban J connectivity index is 1.21. The van der Waals surface area contributed by atoms with Gasteiger partial charge in [0.2, 0.25) is 5.01 Å². The van der Waals surface area contributed by atoms with E-state index in [1.165, 1.54) is 16.9 Å². The number of hydrogen-bond donors (Lipinski definition) is 1. The molecule has 7 nitrogen and oxygen atoms in total. The molecule has 10 heteroatoms. The van der Waals surface area contributed by atoms with Gasteiger partial charge < -0.3 is 5.32 Å². The maximum atomic E-state index is 12.4. The first-order valence-electron chi connectivity index (χ1n) is 9.95. The van der Waals surface area contributed by atoms with Gasteiger partial charge in [-0.1, -0.05) is 59.0 Å². The van der Waals surface area contributed by atoms with Crippen LogP contribution in [0.4, 0.5) is 0 Å². The lowest BCUT2D eigenvalue weighted by Gasteiger charge is -2.06. The summed E-state index contributed by atoms with van der Waals surface area (Å²) in [4.78, 5) is 13.6. The van der Waals surface area contributed by atoms with Crippen molar-refractivity contribution in [1.29, 1.82) is 0 Å². The molecular weight excluding hydrogens is 448 g/mol. The number of nitrogens with zero attached hydrogens (tertiary/aromatic N) is 5. The van der Waals surface area contributed by atoms with Crippen LogP contribution in [0.3, 0.4) is 0 Å². The molecule has 1 aliphatic rings. The van der Waals surface area contributed by atoms with Gasteiger partial charge in [-0.25, -0.2) is 0 Å². The summed E-state index contributed by atoms with van der Waals surface area (Å²) in [6.45, 7) is 2.51. The molecule has 0 unspecified atom stereocenters. The van der Waals surface area contributed by atoms with E-state index < -0.39 is 0 Å². The maximum absolute atomic E-state index is 12.4. The van der Waals surface area contributed by atoms with Gasteiger partial charge in [0, 0.05) is 12.6 Å². The van der Waals surface area contributed by atoms with E-state index in [9.17, 15) is 4.79 Å². The average molecular weight is 469 g/mol. The largest absolute Gasteiger partial charge is 0.346 e. The first-order valence-corrected chi connectivity index (χ1v) is 12.6. The minimum Gasteiger partial charge on any atom is -0.346 e. The van der Waals surface area contributed by atoms with Crippen LogP contribution in [0.5, 0.6) is 0 Å². The van der Waals surface area contributed by atoms with Crippen LogP contribution in [0.25, 0.3) is 10.7 Å². The van der Waals surface area contributed by atoms with Crippen LogP contribution in [0.2, 0.25) is 0 Å². The molecule has 0 spiro atoms. The number of amides is 1. The molecule has 3 aromatic heterocycles. The highest BCUT2D eigenvalue weighted by Crippen LogP contribution is 2.42. The number of thiophene rings is 1. The Morgan fingerprint density at radius 1 is 1.16 bits per heavy atom. The van der Waals surface area contributed by atoms with Gasteiger partial charge in [-0.15, -0.1) is 31.7 Å².